The molecule has 7 heteroatoms. The Labute approximate surface area is 103 Å². The average molecular weight is 248 g/mol. The predicted molar refractivity (Wildman–Crippen MR) is 66.5 cm³/mol. The van der Waals surface area contributed by atoms with E-state index >= 15 is 0 Å². The average Bonchev–Trinajstić information content (AvgIpc) is 2.88. The first-order valence-electron chi connectivity index (χ1n) is 5.30. The first kappa shape index (κ1) is 11.9. The highest BCUT2D eigenvalue weighted by atomic mass is 16.6. The van der Waals surface area contributed by atoms with Gasteiger partial charge in [-0.3, -0.25) is 10.1 Å². The number of nitrogens with zero attached hydrogens (tertiary/aromatic N) is 2. The quantitative estimate of drug-likeness (QED) is 0.622. The number of hydrogen-bond acceptors (Lipinski definition) is 6. The monoisotopic (exact) mass is 248 g/mol. The lowest BCUT2D eigenvalue weighted by Gasteiger charge is -2.06. The van der Waals surface area contributed by atoms with Crippen LogP contribution in [-0.4, -0.2) is 17.0 Å². The van der Waals surface area contributed by atoms with Gasteiger partial charge >= 0.3 is 5.69 Å². The van der Waals surface area contributed by atoms with Crippen LogP contribution in [0.4, 0.5) is 17.3 Å². The van der Waals surface area contributed by atoms with Crippen molar-refractivity contribution in [2.24, 2.45) is 0 Å². The molecule has 0 aliphatic rings. The standard InChI is InChI=1S/C11H12N4O3/c1-12-10-5-4-9(15(16)17)11(14-10)13-7-8-3-2-6-18-8/h2-6H,7H2,1H3,(H2,12,13,14). The molecule has 2 heterocycles. The van der Waals surface area contributed by atoms with Crippen LogP contribution in [0.15, 0.2) is 34.9 Å². The van der Waals surface area contributed by atoms with E-state index in [2.05, 4.69) is 15.6 Å². The number of nitrogens with one attached hydrogen (secondary N) is 2. The molecule has 2 rings (SSSR count). The number of hydrogen-bond donors (Lipinski definition) is 2. The summed E-state index contributed by atoms with van der Waals surface area (Å²) in [6, 6.07) is 6.49. The molecule has 0 fully saturated rings. The Balaban J connectivity index is 2.20. The zero-order chi connectivity index (χ0) is 13.0. The first-order valence-corrected chi connectivity index (χ1v) is 5.30. The van der Waals surface area contributed by atoms with Crippen molar-refractivity contribution in [1.29, 1.82) is 0 Å². The number of rotatable bonds is 5. The highest BCUT2D eigenvalue weighted by molar-refractivity contribution is 5.60. The number of anilines is 2. The van der Waals surface area contributed by atoms with Crippen molar-refractivity contribution in [3.05, 3.63) is 46.4 Å². The summed E-state index contributed by atoms with van der Waals surface area (Å²) in [5, 5.41) is 16.6. The van der Waals surface area contributed by atoms with Crippen LogP contribution in [0.1, 0.15) is 5.76 Å². The summed E-state index contributed by atoms with van der Waals surface area (Å²) in [5.41, 5.74) is -0.0689. The van der Waals surface area contributed by atoms with Crippen LogP contribution in [0, 0.1) is 10.1 Å². The largest absolute Gasteiger partial charge is 0.467 e. The lowest BCUT2D eigenvalue weighted by molar-refractivity contribution is -0.384. The first-order chi connectivity index (χ1) is 8.70. The molecule has 0 radical (unpaired) electrons. The Bertz CT molecular complexity index is 539. The van der Waals surface area contributed by atoms with Crippen molar-refractivity contribution < 1.29 is 9.34 Å². The molecule has 94 valence electrons. The minimum absolute atomic E-state index is 0.0689. The fraction of sp³-hybridized carbons (Fsp3) is 0.182. The molecule has 0 amide bonds. The Morgan fingerprint density at radius 3 is 2.89 bits per heavy atom. The zero-order valence-corrected chi connectivity index (χ0v) is 9.71. The third kappa shape index (κ3) is 2.57. The molecule has 2 aromatic rings. The normalized spacial score (nSPS) is 10.1. The molecule has 0 spiro atoms. The number of furan rings is 1. The van der Waals surface area contributed by atoms with Gasteiger partial charge in [-0.1, -0.05) is 0 Å². The molecule has 0 atom stereocenters. The molecule has 0 aromatic carbocycles. The topological polar surface area (TPSA) is 93.2 Å². The maximum Gasteiger partial charge on any atom is 0.311 e. The van der Waals surface area contributed by atoms with Crippen LogP contribution in [0.2, 0.25) is 0 Å². The van der Waals surface area contributed by atoms with Crippen LogP contribution in [-0.2, 0) is 6.54 Å². The number of nitro groups is 1. The third-order valence-electron chi connectivity index (χ3n) is 2.34. The molecule has 0 bridgehead atoms. The second-order valence-corrected chi connectivity index (χ2v) is 3.50. The summed E-state index contributed by atoms with van der Waals surface area (Å²) >= 11 is 0. The van der Waals surface area contributed by atoms with Gasteiger partial charge < -0.3 is 15.1 Å². The van der Waals surface area contributed by atoms with E-state index in [1.165, 1.54) is 6.07 Å². The fourth-order valence-electron chi connectivity index (χ4n) is 1.45. The van der Waals surface area contributed by atoms with Crippen molar-refractivity contribution in [2.45, 2.75) is 6.54 Å². The molecule has 7 nitrogen and oxygen atoms in total. The molecular weight excluding hydrogens is 236 g/mol. The minimum Gasteiger partial charge on any atom is -0.467 e. The molecule has 18 heavy (non-hydrogen) atoms. The van der Waals surface area contributed by atoms with Gasteiger partial charge in [0.05, 0.1) is 17.7 Å². The van der Waals surface area contributed by atoms with Crippen molar-refractivity contribution in [3.63, 3.8) is 0 Å². The van der Waals surface area contributed by atoms with E-state index in [1.807, 2.05) is 0 Å². The summed E-state index contributed by atoms with van der Waals surface area (Å²) < 4.78 is 5.14. The molecule has 0 unspecified atom stereocenters. The van der Waals surface area contributed by atoms with Gasteiger partial charge in [0.25, 0.3) is 0 Å². The lowest BCUT2D eigenvalue weighted by Crippen LogP contribution is -2.05. The van der Waals surface area contributed by atoms with Crippen molar-refractivity contribution in [1.82, 2.24) is 4.98 Å². The van der Waals surface area contributed by atoms with E-state index in [0.29, 0.717) is 18.1 Å². The van der Waals surface area contributed by atoms with E-state index in [9.17, 15) is 10.1 Å². The Hall–Kier alpha value is -2.57. The smallest absolute Gasteiger partial charge is 0.311 e. The molecule has 0 saturated carbocycles. The molecule has 2 N–H and O–H groups in total. The van der Waals surface area contributed by atoms with Gasteiger partial charge in [-0.15, -0.1) is 0 Å². The molecular formula is C11H12N4O3. The number of pyridine rings is 1. The van der Waals surface area contributed by atoms with Gasteiger partial charge in [0, 0.05) is 13.1 Å². The third-order valence-corrected chi connectivity index (χ3v) is 2.34. The summed E-state index contributed by atoms with van der Waals surface area (Å²) in [6.07, 6.45) is 1.54. The van der Waals surface area contributed by atoms with Crippen molar-refractivity contribution >= 4 is 17.3 Å². The number of aromatic nitrogens is 1. The van der Waals surface area contributed by atoms with Gasteiger partial charge in [0.15, 0.2) is 0 Å². The summed E-state index contributed by atoms with van der Waals surface area (Å²) in [5.74, 6) is 1.45. The lowest BCUT2D eigenvalue weighted by atomic mass is 10.3. The maximum absolute atomic E-state index is 10.9. The van der Waals surface area contributed by atoms with Gasteiger partial charge in [0.1, 0.15) is 11.6 Å². The van der Waals surface area contributed by atoms with Gasteiger partial charge in [-0.25, -0.2) is 4.98 Å². The van der Waals surface area contributed by atoms with Gasteiger partial charge in [-0.05, 0) is 18.2 Å². The molecule has 0 aliphatic carbocycles. The van der Waals surface area contributed by atoms with Crippen LogP contribution < -0.4 is 10.6 Å². The summed E-state index contributed by atoms with van der Waals surface area (Å²) in [4.78, 5) is 14.5. The highest BCUT2D eigenvalue weighted by Crippen LogP contribution is 2.24. The van der Waals surface area contributed by atoms with Crippen LogP contribution >= 0.6 is 0 Å². The van der Waals surface area contributed by atoms with Crippen molar-refractivity contribution in [3.8, 4) is 0 Å². The summed E-state index contributed by atoms with van der Waals surface area (Å²) in [7, 11) is 1.70. The van der Waals surface area contributed by atoms with Gasteiger partial charge in [0.2, 0.25) is 5.82 Å². The van der Waals surface area contributed by atoms with Crippen LogP contribution in [0.3, 0.4) is 0 Å². The second-order valence-electron chi connectivity index (χ2n) is 3.50. The Kier molecular flexibility index (Phi) is 3.42. The van der Waals surface area contributed by atoms with Crippen molar-refractivity contribution in [2.75, 3.05) is 17.7 Å². The van der Waals surface area contributed by atoms with E-state index in [0.717, 1.165) is 0 Å². The van der Waals surface area contributed by atoms with Crippen LogP contribution in [0.25, 0.3) is 0 Å². The Morgan fingerprint density at radius 1 is 1.44 bits per heavy atom. The Morgan fingerprint density at radius 2 is 2.28 bits per heavy atom. The summed E-state index contributed by atoms with van der Waals surface area (Å²) in [6.45, 7) is 0.341. The second kappa shape index (κ2) is 5.17. The van der Waals surface area contributed by atoms with E-state index in [4.69, 9.17) is 4.42 Å². The predicted octanol–water partition coefficient (Wildman–Crippen LogP) is 2.24. The molecule has 0 saturated heterocycles. The highest BCUT2D eigenvalue weighted by Gasteiger charge is 2.15. The van der Waals surface area contributed by atoms with Crippen LogP contribution in [0.5, 0.6) is 0 Å². The minimum atomic E-state index is -0.475. The van der Waals surface area contributed by atoms with E-state index in [-0.39, 0.29) is 11.5 Å². The van der Waals surface area contributed by atoms with Gasteiger partial charge in [-0.2, -0.15) is 0 Å². The van der Waals surface area contributed by atoms with E-state index in [1.54, 1.807) is 31.5 Å². The molecule has 2 aromatic heterocycles. The van der Waals surface area contributed by atoms with E-state index < -0.39 is 4.92 Å². The fourth-order valence-corrected chi connectivity index (χ4v) is 1.45. The zero-order valence-electron chi connectivity index (χ0n) is 9.71. The molecule has 0 aliphatic heterocycles. The maximum atomic E-state index is 10.9. The SMILES string of the molecule is CNc1ccc([N+](=O)[O-])c(NCc2ccco2)n1.